The summed E-state index contributed by atoms with van der Waals surface area (Å²) in [5.74, 6) is 7.01. The van der Waals surface area contributed by atoms with Gasteiger partial charge in [0.1, 0.15) is 6.61 Å². The van der Waals surface area contributed by atoms with Crippen molar-refractivity contribution in [2.45, 2.75) is 17.8 Å². The van der Waals surface area contributed by atoms with Gasteiger partial charge in [0.05, 0.1) is 0 Å². The Hall–Kier alpha value is -1.26. The van der Waals surface area contributed by atoms with Crippen LogP contribution >= 0.6 is 27.7 Å². The molecule has 0 unspecified atom stereocenters. The molecule has 0 amide bonds. The van der Waals surface area contributed by atoms with Gasteiger partial charge in [-0.25, -0.2) is 4.68 Å². The number of nitrogens with zero attached hydrogens (tertiary/aromatic N) is 3. The number of thioether (sulfide) groups is 1. The first-order valence-corrected chi connectivity index (χ1v) is 8.39. The van der Waals surface area contributed by atoms with E-state index in [9.17, 15) is 13.2 Å². The van der Waals surface area contributed by atoms with E-state index in [0.29, 0.717) is 23.2 Å². The van der Waals surface area contributed by atoms with Crippen molar-refractivity contribution in [1.29, 1.82) is 0 Å². The first-order chi connectivity index (χ1) is 10.9. The SMILES string of the molecule is Nn1c(SCCCOCC(F)(F)F)nnc1-c1ccccc1Br. The Kier molecular flexibility index (Phi) is 6.31. The lowest BCUT2D eigenvalue weighted by Gasteiger charge is -2.07. The van der Waals surface area contributed by atoms with Gasteiger partial charge in [-0.05, 0) is 18.6 Å². The Bertz CT molecular complexity index is 650. The highest BCUT2D eigenvalue weighted by Gasteiger charge is 2.27. The quantitative estimate of drug-likeness (QED) is 0.429. The molecule has 0 fully saturated rings. The molecule has 126 valence electrons. The van der Waals surface area contributed by atoms with Gasteiger partial charge in [-0.1, -0.05) is 39.8 Å². The average molecular weight is 411 g/mol. The van der Waals surface area contributed by atoms with E-state index in [1.54, 1.807) is 0 Å². The van der Waals surface area contributed by atoms with Crippen molar-refractivity contribution in [2.75, 3.05) is 24.8 Å². The van der Waals surface area contributed by atoms with Crippen molar-refractivity contribution in [3.8, 4) is 11.4 Å². The van der Waals surface area contributed by atoms with Gasteiger partial charge in [-0.2, -0.15) is 13.2 Å². The Labute approximate surface area is 143 Å². The molecule has 10 heteroatoms. The van der Waals surface area contributed by atoms with Crippen molar-refractivity contribution in [2.24, 2.45) is 0 Å². The molecule has 2 N–H and O–H groups in total. The molecule has 0 bridgehead atoms. The van der Waals surface area contributed by atoms with Crippen molar-refractivity contribution in [3.05, 3.63) is 28.7 Å². The lowest BCUT2D eigenvalue weighted by Crippen LogP contribution is -2.17. The minimum absolute atomic E-state index is 0.0301. The molecule has 0 aliphatic heterocycles. The number of hydrogen-bond acceptors (Lipinski definition) is 5. The summed E-state index contributed by atoms with van der Waals surface area (Å²) < 4.78 is 42.5. The smallest absolute Gasteiger partial charge is 0.372 e. The summed E-state index contributed by atoms with van der Waals surface area (Å²) in [4.78, 5) is 0. The van der Waals surface area contributed by atoms with Crippen LogP contribution in [0.5, 0.6) is 0 Å². The number of ether oxygens (including phenoxy) is 1. The minimum Gasteiger partial charge on any atom is -0.372 e. The average Bonchev–Trinajstić information content (AvgIpc) is 2.83. The van der Waals surface area contributed by atoms with E-state index in [-0.39, 0.29) is 6.61 Å². The van der Waals surface area contributed by atoms with Crippen LogP contribution in [0.15, 0.2) is 33.9 Å². The second-order valence-corrected chi connectivity index (χ2v) is 6.44. The third-order valence-corrected chi connectivity index (χ3v) is 4.43. The Morgan fingerprint density at radius 3 is 2.70 bits per heavy atom. The fourth-order valence-corrected chi connectivity index (χ4v) is 2.95. The number of rotatable bonds is 7. The molecule has 2 aromatic rings. The lowest BCUT2D eigenvalue weighted by atomic mass is 10.2. The molecule has 0 atom stereocenters. The summed E-state index contributed by atoms with van der Waals surface area (Å²) >= 11 is 4.74. The molecular weight excluding hydrogens is 397 g/mol. The summed E-state index contributed by atoms with van der Waals surface area (Å²) in [6.45, 7) is -1.20. The van der Waals surface area contributed by atoms with E-state index >= 15 is 0 Å². The molecule has 0 aliphatic rings. The van der Waals surface area contributed by atoms with Crippen LogP contribution in [0.2, 0.25) is 0 Å². The zero-order valence-corrected chi connectivity index (χ0v) is 14.3. The normalized spacial score (nSPS) is 11.8. The molecule has 0 spiro atoms. The van der Waals surface area contributed by atoms with E-state index in [1.165, 1.54) is 16.4 Å². The second kappa shape index (κ2) is 8.02. The molecule has 5 nitrogen and oxygen atoms in total. The van der Waals surface area contributed by atoms with Crippen LogP contribution in [0.1, 0.15) is 6.42 Å². The number of hydrogen-bond donors (Lipinski definition) is 1. The van der Waals surface area contributed by atoms with Crippen molar-refractivity contribution < 1.29 is 17.9 Å². The molecule has 0 aliphatic carbocycles. The van der Waals surface area contributed by atoms with E-state index < -0.39 is 12.8 Å². The van der Waals surface area contributed by atoms with Gasteiger partial charge in [0.25, 0.3) is 0 Å². The van der Waals surface area contributed by atoms with E-state index in [2.05, 4.69) is 30.9 Å². The maximum absolute atomic E-state index is 11.9. The van der Waals surface area contributed by atoms with Crippen molar-refractivity contribution in [3.63, 3.8) is 0 Å². The highest BCUT2D eigenvalue weighted by molar-refractivity contribution is 9.10. The summed E-state index contributed by atoms with van der Waals surface area (Å²) in [5, 5.41) is 8.54. The van der Waals surface area contributed by atoms with Gasteiger partial charge in [0, 0.05) is 22.4 Å². The monoisotopic (exact) mass is 410 g/mol. The van der Waals surface area contributed by atoms with Crippen LogP contribution < -0.4 is 5.84 Å². The summed E-state index contributed by atoms with van der Waals surface area (Å²) in [6, 6.07) is 7.46. The number of aromatic nitrogens is 3. The van der Waals surface area contributed by atoms with Crippen LogP contribution in [0.4, 0.5) is 13.2 Å². The van der Waals surface area contributed by atoms with Gasteiger partial charge < -0.3 is 10.6 Å². The topological polar surface area (TPSA) is 66.0 Å². The summed E-state index contributed by atoms with van der Waals surface area (Å²) in [6.07, 6.45) is -3.83. The van der Waals surface area contributed by atoms with Crippen LogP contribution in [-0.4, -0.2) is 40.0 Å². The first-order valence-electron chi connectivity index (χ1n) is 6.61. The Morgan fingerprint density at radius 2 is 2.00 bits per heavy atom. The van der Waals surface area contributed by atoms with Gasteiger partial charge in [0.2, 0.25) is 5.16 Å². The molecule has 1 aromatic carbocycles. The van der Waals surface area contributed by atoms with Crippen LogP contribution in [0.3, 0.4) is 0 Å². The van der Waals surface area contributed by atoms with E-state index in [0.717, 1.165) is 10.0 Å². The number of benzene rings is 1. The third kappa shape index (κ3) is 5.40. The fourth-order valence-electron chi connectivity index (χ4n) is 1.71. The Morgan fingerprint density at radius 1 is 1.26 bits per heavy atom. The molecule has 0 radical (unpaired) electrons. The van der Waals surface area contributed by atoms with Gasteiger partial charge >= 0.3 is 6.18 Å². The molecular formula is C13H14BrF3N4OS. The standard InChI is InChI=1S/C13H14BrF3N4OS/c14-10-5-2-1-4-9(10)11-19-20-12(21(11)18)23-7-3-6-22-8-13(15,16)17/h1-2,4-5H,3,6-8,18H2. The lowest BCUT2D eigenvalue weighted by molar-refractivity contribution is -0.173. The van der Waals surface area contributed by atoms with Crippen molar-refractivity contribution >= 4 is 27.7 Å². The number of nitrogen functional groups attached to an aromatic ring is 1. The minimum atomic E-state index is -4.29. The van der Waals surface area contributed by atoms with Gasteiger partial charge in [-0.3, -0.25) is 0 Å². The molecule has 1 heterocycles. The van der Waals surface area contributed by atoms with E-state index in [1.807, 2.05) is 24.3 Å². The maximum Gasteiger partial charge on any atom is 0.411 e. The highest BCUT2D eigenvalue weighted by Crippen LogP contribution is 2.28. The predicted octanol–water partition coefficient (Wildman–Crippen LogP) is 3.48. The molecule has 2 rings (SSSR count). The number of halogens is 4. The first kappa shape index (κ1) is 18.1. The molecule has 0 saturated carbocycles. The second-order valence-electron chi connectivity index (χ2n) is 4.53. The maximum atomic E-state index is 11.9. The zero-order chi connectivity index (χ0) is 16.9. The molecule has 23 heavy (non-hydrogen) atoms. The summed E-state index contributed by atoms with van der Waals surface area (Å²) in [5.41, 5.74) is 0.808. The van der Waals surface area contributed by atoms with Crippen molar-refractivity contribution in [1.82, 2.24) is 14.9 Å². The van der Waals surface area contributed by atoms with Gasteiger partial charge in [-0.15, -0.1) is 10.2 Å². The van der Waals surface area contributed by atoms with Crippen LogP contribution in [0, 0.1) is 0 Å². The Balaban J connectivity index is 1.85. The number of nitrogens with two attached hydrogens (primary N) is 1. The van der Waals surface area contributed by atoms with E-state index in [4.69, 9.17) is 5.84 Å². The molecule has 1 aromatic heterocycles. The largest absolute Gasteiger partial charge is 0.411 e. The fraction of sp³-hybridized carbons (Fsp3) is 0.385. The highest BCUT2D eigenvalue weighted by atomic mass is 79.9. The van der Waals surface area contributed by atoms with Crippen LogP contribution in [-0.2, 0) is 4.74 Å². The third-order valence-electron chi connectivity index (χ3n) is 2.71. The van der Waals surface area contributed by atoms with Crippen LogP contribution in [0.25, 0.3) is 11.4 Å². The molecule has 0 saturated heterocycles. The van der Waals surface area contributed by atoms with Gasteiger partial charge in [0.15, 0.2) is 5.82 Å². The predicted molar refractivity (Wildman–Crippen MR) is 85.5 cm³/mol. The number of alkyl halides is 3. The summed E-state index contributed by atoms with van der Waals surface area (Å²) in [7, 11) is 0. The zero-order valence-electron chi connectivity index (χ0n) is 11.9.